The quantitative estimate of drug-likeness (QED) is 0.548. The second kappa shape index (κ2) is 6.31. The lowest BCUT2D eigenvalue weighted by Crippen LogP contribution is -2.00. The molecule has 2 aromatic carbocycles. The first-order valence-corrected chi connectivity index (χ1v) is 8.04. The van der Waals surface area contributed by atoms with Crippen molar-refractivity contribution in [1.82, 2.24) is 15.0 Å². The first-order valence-electron chi connectivity index (χ1n) is 7.66. The predicted molar refractivity (Wildman–Crippen MR) is 97.5 cm³/mol. The summed E-state index contributed by atoms with van der Waals surface area (Å²) < 4.78 is 26.9. The molecule has 0 amide bonds. The third kappa shape index (κ3) is 3.07. The second-order valence-corrected chi connectivity index (χ2v) is 6.10. The van der Waals surface area contributed by atoms with Crippen LogP contribution in [-0.2, 0) is 0 Å². The summed E-state index contributed by atoms with van der Waals surface area (Å²) >= 11 is 5.96. The molecule has 0 atom stereocenters. The average Bonchev–Trinajstić information content (AvgIpc) is 2.60. The SMILES string of the molecule is Nc1nc(-c2cc(F)cc(Cl)c2)c2nc(-c3ccc(F)cc3)ccc2n1. The van der Waals surface area contributed by atoms with E-state index in [2.05, 4.69) is 15.0 Å². The van der Waals surface area contributed by atoms with E-state index >= 15 is 0 Å². The molecule has 7 heteroatoms. The lowest BCUT2D eigenvalue weighted by Gasteiger charge is -2.09. The minimum absolute atomic E-state index is 0.0456. The molecular weight excluding hydrogens is 358 g/mol. The van der Waals surface area contributed by atoms with E-state index in [0.29, 0.717) is 28.0 Å². The Bertz CT molecular complexity index is 1110. The molecule has 0 unspecified atom stereocenters. The lowest BCUT2D eigenvalue weighted by molar-refractivity contribution is 0.628. The van der Waals surface area contributed by atoms with Crippen molar-refractivity contribution in [3.05, 3.63) is 71.3 Å². The van der Waals surface area contributed by atoms with Crippen LogP contribution in [0.15, 0.2) is 54.6 Å². The van der Waals surface area contributed by atoms with Gasteiger partial charge in [-0.15, -0.1) is 0 Å². The van der Waals surface area contributed by atoms with Crippen LogP contribution in [0.1, 0.15) is 0 Å². The standard InChI is InChI=1S/C19H11ClF2N4/c20-12-7-11(8-14(22)9-12)17-18-16(25-19(23)26-17)6-5-15(24-18)10-1-3-13(21)4-2-10/h1-9H,(H2,23,25,26). The van der Waals surface area contributed by atoms with Gasteiger partial charge in [0.05, 0.1) is 11.2 Å². The van der Waals surface area contributed by atoms with Gasteiger partial charge in [-0.25, -0.2) is 23.7 Å². The lowest BCUT2D eigenvalue weighted by atomic mass is 10.1. The smallest absolute Gasteiger partial charge is 0.221 e. The van der Waals surface area contributed by atoms with Gasteiger partial charge in [0.15, 0.2) is 0 Å². The molecular formula is C19H11ClF2N4. The Morgan fingerprint density at radius 2 is 1.54 bits per heavy atom. The van der Waals surface area contributed by atoms with Crippen LogP contribution in [0.4, 0.5) is 14.7 Å². The fourth-order valence-electron chi connectivity index (χ4n) is 2.71. The van der Waals surface area contributed by atoms with Crippen molar-refractivity contribution in [2.45, 2.75) is 0 Å². The normalized spacial score (nSPS) is 11.0. The molecule has 0 bridgehead atoms. The molecule has 0 saturated heterocycles. The first kappa shape index (κ1) is 16.4. The van der Waals surface area contributed by atoms with E-state index in [4.69, 9.17) is 17.3 Å². The van der Waals surface area contributed by atoms with Gasteiger partial charge in [0, 0.05) is 16.1 Å². The van der Waals surface area contributed by atoms with Gasteiger partial charge in [0.25, 0.3) is 0 Å². The molecule has 0 aliphatic rings. The molecule has 2 N–H and O–H groups in total. The van der Waals surface area contributed by atoms with E-state index in [1.165, 1.54) is 24.3 Å². The largest absolute Gasteiger partial charge is 0.368 e. The Labute approximate surface area is 152 Å². The maximum absolute atomic E-state index is 13.8. The van der Waals surface area contributed by atoms with E-state index in [1.54, 1.807) is 30.3 Å². The number of pyridine rings is 1. The van der Waals surface area contributed by atoms with Crippen molar-refractivity contribution in [2.75, 3.05) is 5.73 Å². The maximum atomic E-state index is 13.8. The van der Waals surface area contributed by atoms with Gasteiger partial charge in [0.2, 0.25) is 5.95 Å². The molecule has 0 aliphatic heterocycles. The van der Waals surface area contributed by atoms with Crippen molar-refractivity contribution in [3.63, 3.8) is 0 Å². The molecule has 128 valence electrons. The Morgan fingerprint density at radius 3 is 2.27 bits per heavy atom. The van der Waals surface area contributed by atoms with E-state index in [1.807, 2.05) is 0 Å². The fraction of sp³-hybridized carbons (Fsp3) is 0. The maximum Gasteiger partial charge on any atom is 0.221 e. The molecule has 0 spiro atoms. The molecule has 4 nitrogen and oxygen atoms in total. The molecule has 0 radical (unpaired) electrons. The highest BCUT2D eigenvalue weighted by Crippen LogP contribution is 2.30. The highest BCUT2D eigenvalue weighted by atomic mass is 35.5. The van der Waals surface area contributed by atoms with Crippen LogP contribution >= 0.6 is 11.6 Å². The Kier molecular flexibility index (Phi) is 3.97. The second-order valence-electron chi connectivity index (χ2n) is 5.66. The number of anilines is 1. The molecule has 4 rings (SSSR count). The van der Waals surface area contributed by atoms with Crippen LogP contribution in [0, 0.1) is 11.6 Å². The zero-order chi connectivity index (χ0) is 18.3. The first-order chi connectivity index (χ1) is 12.5. The number of rotatable bonds is 2. The third-order valence-electron chi connectivity index (χ3n) is 3.84. The van der Waals surface area contributed by atoms with Gasteiger partial charge < -0.3 is 5.73 Å². The number of nitrogens with zero attached hydrogens (tertiary/aromatic N) is 3. The topological polar surface area (TPSA) is 64.7 Å². The van der Waals surface area contributed by atoms with Crippen molar-refractivity contribution >= 4 is 28.6 Å². The van der Waals surface area contributed by atoms with Crippen LogP contribution in [0.25, 0.3) is 33.5 Å². The number of nitrogens with two attached hydrogens (primary N) is 1. The summed E-state index contributed by atoms with van der Waals surface area (Å²) in [7, 11) is 0. The molecule has 2 heterocycles. The molecule has 26 heavy (non-hydrogen) atoms. The monoisotopic (exact) mass is 368 g/mol. The van der Waals surface area contributed by atoms with Crippen molar-refractivity contribution in [3.8, 4) is 22.5 Å². The summed E-state index contributed by atoms with van der Waals surface area (Å²) in [5, 5.41) is 0.236. The zero-order valence-electron chi connectivity index (χ0n) is 13.2. The van der Waals surface area contributed by atoms with Gasteiger partial charge in [-0.2, -0.15) is 0 Å². The minimum atomic E-state index is -0.493. The summed E-state index contributed by atoms with van der Waals surface area (Å²) in [5.74, 6) is -0.780. The highest BCUT2D eigenvalue weighted by Gasteiger charge is 2.13. The molecule has 0 fully saturated rings. The van der Waals surface area contributed by atoms with Crippen LogP contribution in [0.3, 0.4) is 0 Å². The zero-order valence-corrected chi connectivity index (χ0v) is 14.0. The van der Waals surface area contributed by atoms with Gasteiger partial charge in [-0.1, -0.05) is 11.6 Å². The number of aromatic nitrogens is 3. The minimum Gasteiger partial charge on any atom is -0.368 e. The molecule has 2 aromatic heterocycles. The molecule has 0 saturated carbocycles. The predicted octanol–water partition coefficient (Wildman–Crippen LogP) is 4.87. The van der Waals surface area contributed by atoms with Gasteiger partial charge >= 0.3 is 0 Å². The molecule has 4 aromatic rings. The van der Waals surface area contributed by atoms with E-state index < -0.39 is 5.82 Å². The van der Waals surface area contributed by atoms with E-state index in [0.717, 1.165) is 5.56 Å². The summed E-state index contributed by atoms with van der Waals surface area (Å²) in [5.41, 5.74) is 8.90. The number of fused-ring (bicyclic) bond motifs is 1. The number of hydrogen-bond acceptors (Lipinski definition) is 4. The van der Waals surface area contributed by atoms with Crippen LogP contribution in [-0.4, -0.2) is 15.0 Å². The van der Waals surface area contributed by atoms with Gasteiger partial charge in [-0.3, -0.25) is 0 Å². The summed E-state index contributed by atoms with van der Waals surface area (Å²) in [4.78, 5) is 13.0. The number of halogens is 3. The van der Waals surface area contributed by atoms with Crippen LogP contribution in [0.2, 0.25) is 5.02 Å². The Hall–Kier alpha value is -3.12. The van der Waals surface area contributed by atoms with E-state index in [9.17, 15) is 8.78 Å². The van der Waals surface area contributed by atoms with Gasteiger partial charge in [0.1, 0.15) is 22.8 Å². The van der Waals surface area contributed by atoms with Gasteiger partial charge in [-0.05, 0) is 54.6 Å². The average molecular weight is 369 g/mol. The van der Waals surface area contributed by atoms with Crippen molar-refractivity contribution in [1.29, 1.82) is 0 Å². The highest BCUT2D eigenvalue weighted by molar-refractivity contribution is 6.30. The number of hydrogen-bond donors (Lipinski definition) is 1. The number of benzene rings is 2. The van der Waals surface area contributed by atoms with Crippen LogP contribution < -0.4 is 5.73 Å². The summed E-state index contributed by atoms with van der Waals surface area (Å²) in [6, 6.07) is 13.5. The molecule has 0 aliphatic carbocycles. The fourth-order valence-corrected chi connectivity index (χ4v) is 2.93. The summed E-state index contributed by atoms with van der Waals surface area (Å²) in [6.07, 6.45) is 0. The summed E-state index contributed by atoms with van der Waals surface area (Å²) in [6.45, 7) is 0. The van der Waals surface area contributed by atoms with Crippen molar-refractivity contribution < 1.29 is 8.78 Å². The third-order valence-corrected chi connectivity index (χ3v) is 4.05. The van der Waals surface area contributed by atoms with E-state index in [-0.39, 0.29) is 16.8 Å². The Balaban J connectivity index is 1.96. The Morgan fingerprint density at radius 1 is 0.769 bits per heavy atom. The number of nitrogen functional groups attached to an aromatic ring is 1. The van der Waals surface area contributed by atoms with Crippen molar-refractivity contribution in [2.24, 2.45) is 0 Å². The van der Waals surface area contributed by atoms with Crippen LogP contribution in [0.5, 0.6) is 0 Å².